The van der Waals surface area contributed by atoms with Crippen LogP contribution < -0.4 is 5.43 Å². The first-order valence-electron chi connectivity index (χ1n) is 2.90. The molecule has 1 atom stereocenters. The van der Waals surface area contributed by atoms with Crippen molar-refractivity contribution in [2.45, 2.75) is 19.9 Å². The van der Waals surface area contributed by atoms with Crippen molar-refractivity contribution in [2.24, 2.45) is 11.2 Å². The topological polar surface area (TPSA) is 78.8 Å². The van der Waals surface area contributed by atoms with Gasteiger partial charge in [0, 0.05) is 0 Å². The van der Waals surface area contributed by atoms with Crippen LogP contribution >= 0.6 is 0 Å². The van der Waals surface area contributed by atoms with E-state index in [1.807, 2.05) is 5.43 Å². The zero-order valence-electron chi connectivity index (χ0n) is 5.87. The van der Waals surface area contributed by atoms with Gasteiger partial charge in [0.05, 0.1) is 5.29 Å². The van der Waals surface area contributed by atoms with Gasteiger partial charge < -0.3 is 5.11 Å². The average Bonchev–Trinajstić information content (AvgIpc) is 1.81. The first-order valence-corrected chi connectivity index (χ1v) is 2.90. The third-order valence-corrected chi connectivity index (χ3v) is 1.12. The van der Waals surface area contributed by atoms with Gasteiger partial charge in [0.15, 0.2) is 0 Å². The van der Waals surface area contributed by atoms with Crippen LogP contribution in [-0.4, -0.2) is 17.1 Å². The highest BCUT2D eigenvalue weighted by atomic mass is 16.4. The molecule has 0 aromatic heterocycles. The van der Waals surface area contributed by atoms with Gasteiger partial charge in [-0.05, 0) is 5.92 Å². The summed E-state index contributed by atoms with van der Waals surface area (Å²) in [5.41, 5.74) is 1.95. The van der Waals surface area contributed by atoms with Gasteiger partial charge in [0.1, 0.15) is 6.04 Å². The fourth-order valence-corrected chi connectivity index (χ4v) is 0.546. The van der Waals surface area contributed by atoms with Crippen LogP contribution in [0.4, 0.5) is 0 Å². The molecule has 0 aromatic rings. The molecule has 0 saturated heterocycles. The lowest BCUT2D eigenvalue weighted by Gasteiger charge is -2.12. The number of carboxylic acids is 1. The second kappa shape index (κ2) is 3.81. The number of carbonyl (C=O) groups is 1. The molecule has 5 nitrogen and oxygen atoms in total. The van der Waals surface area contributed by atoms with Crippen molar-refractivity contribution in [2.75, 3.05) is 0 Å². The van der Waals surface area contributed by atoms with Gasteiger partial charge in [-0.3, -0.25) is 5.43 Å². The molecule has 0 aliphatic heterocycles. The van der Waals surface area contributed by atoms with Crippen molar-refractivity contribution < 1.29 is 9.90 Å². The van der Waals surface area contributed by atoms with E-state index < -0.39 is 12.0 Å². The van der Waals surface area contributed by atoms with Crippen LogP contribution in [0.25, 0.3) is 0 Å². The highest BCUT2D eigenvalue weighted by Crippen LogP contribution is 2.00. The minimum Gasteiger partial charge on any atom is -0.480 e. The summed E-state index contributed by atoms with van der Waals surface area (Å²) in [7, 11) is 0. The van der Waals surface area contributed by atoms with E-state index in [0.29, 0.717) is 0 Å². The smallest absolute Gasteiger partial charge is 0.328 e. The molecule has 0 fully saturated rings. The number of nitroso groups, excluding NO2 is 1. The summed E-state index contributed by atoms with van der Waals surface area (Å²) >= 11 is 0. The maximum absolute atomic E-state index is 10.3. The number of aliphatic carboxylic acids is 1. The molecule has 0 saturated carbocycles. The SMILES string of the molecule is CC(C)[C@H](NN=O)C(=O)O. The summed E-state index contributed by atoms with van der Waals surface area (Å²) in [4.78, 5) is 19.9. The lowest BCUT2D eigenvalue weighted by atomic mass is 10.1. The summed E-state index contributed by atoms with van der Waals surface area (Å²) in [6.45, 7) is 3.38. The molecule has 0 radical (unpaired) electrons. The van der Waals surface area contributed by atoms with Gasteiger partial charge in [-0.25, -0.2) is 4.79 Å². The van der Waals surface area contributed by atoms with E-state index in [-0.39, 0.29) is 5.92 Å². The number of hydrogen-bond acceptors (Lipinski definition) is 3. The summed E-state index contributed by atoms with van der Waals surface area (Å²) in [6, 6.07) is -0.877. The third-order valence-electron chi connectivity index (χ3n) is 1.12. The quantitative estimate of drug-likeness (QED) is 0.443. The normalized spacial score (nSPS) is 12.7. The van der Waals surface area contributed by atoms with Gasteiger partial charge in [-0.15, -0.1) is 4.91 Å². The van der Waals surface area contributed by atoms with Gasteiger partial charge in [0.2, 0.25) is 0 Å². The number of rotatable bonds is 4. The number of hydrogen-bond donors (Lipinski definition) is 2. The molecular weight excluding hydrogens is 136 g/mol. The Kier molecular flexibility index (Phi) is 3.38. The molecule has 0 aromatic carbocycles. The van der Waals surface area contributed by atoms with Crippen LogP contribution in [0, 0.1) is 10.8 Å². The first-order chi connectivity index (χ1) is 4.59. The fraction of sp³-hybridized carbons (Fsp3) is 0.800. The maximum Gasteiger partial charge on any atom is 0.328 e. The molecule has 0 rings (SSSR count). The maximum atomic E-state index is 10.3. The molecule has 0 bridgehead atoms. The van der Waals surface area contributed by atoms with Crippen molar-refractivity contribution in [3.63, 3.8) is 0 Å². The van der Waals surface area contributed by atoms with Crippen LogP contribution in [0.3, 0.4) is 0 Å². The van der Waals surface area contributed by atoms with Gasteiger partial charge in [-0.1, -0.05) is 13.8 Å². The minimum absolute atomic E-state index is 0.143. The average molecular weight is 146 g/mol. The van der Waals surface area contributed by atoms with Crippen molar-refractivity contribution in [3.05, 3.63) is 4.91 Å². The third kappa shape index (κ3) is 2.43. The Labute approximate surface area is 58.4 Å². The number of nitrogens with zero attached hydrogens (tertiary/aromatic N) is 1. The molecule has 0 aliphatic rings. The van der Waals surface area contributed by atoms with Crippen molar-refractivity contribution in [3.8, 4) is 0 Å². The lowest BCUT2D eigenvalue weighted by Crippen LogP contribution is -2.37. The van der Waals surface area contributed by atoms with E-state index in [4.69, 9.17) is 5.11 Å². The predicted octanol–water partition coefficient (Wildman–Crippen LogP) is 0.367. The van der Waals surface area contributed by atoms with E-state index in [1.165, 1.54) is 0 Å². The Morgan fingerprint density at radius 3 is 2.20 bits per heavy atom. The van der Waals surface area contributed by atoms with E-state index in [9.17, 15) is 9.70 Å². The largest absolute Gasteiger partial charge is 0.480 e. The first kappa shape index (κ1) is 8.87. The molecule has 5 heteroatoms. The minimum atomic E-state index is -1.06. The van der Waals surface area contributed by atoms with Crippen molar-refractivity contribution >= 4 is 5.97 Å². The monoisotopic (exact) mass is 146 g/mol. The summed E-state index contributed by atoms with van der Waals surface area (Å²) in [6.07, 6.45) is 0. The highest BCUT2D eigenvalue weighted by Gasteiger charge is 2.20. The van der Waals surface area contributed by atoms with Gasteiger partial charge in [-0.2, -0.15) is 0 Å². The Balaban J connectivity index is 3.97. The van der Waals surface area contributed by atoms with Crippen molar-refractivity contribution in [1.82, 2.24) is 5.43 Å². The number of nitrogens with one attached hydrogen (secondary N) is 1. The van der Waals surface area contributed by atoms with Gasteiger partial charge in [0.25, 0.3) is 0 Å². The lowest BCUT2D eigenvalue weighted by molar-refractivity contribution is -0.140. The van der Waals surface area contributed by atoms with E-state index in [0.717, 1.165) is 0 Å². The van der Waals surface area contributed by atoms with Crippen LogP contribution in [0.5, 0.6) is 0 Å². The Morgan fingerprint density at radius 1 is 1.60 bits per heavy atom. The van der Waals surface area contributed by atoms with Gasteiger partial charge >= 0.3 is 5.97 Å². The molecule has 0 heterocycles. The molecular formula is C5H10N2O3. The molecule has 58 valence electrons. The van der Waals surface area contributed by atoms with E-state index in [2.05, 4.69) is 5.29 Å². The second-order valence-corrected chi connectivity index (χ2v) is 2.28. The standard InChI is InChI=1S/C5H10N2O3/c1-3(2)4(5(8)9)6-7-10/h3-4H,1-2H3,(H,6,10)(H,8,9)/t4-/m0/s1. The molecule has 2 N–H and O–H groups in total. The molecule has 0 aliphatic carbocycles. The Bertz CT molecular complexity index is 135. The van der Waals surface area contributed by atoms with Crippen LogP contribution in [0.15, 0.2) is 5.29 Å². The molecule has 10 heavy (non-hydrogen) atoms. The zero-order valence-corrected chi connectivity index (χ0v) is 5.87. The van der Waals surface area contributed by atoms with Crippen LogP contribution in [0.2, 0.25) is 0 Å². The van der Waals surface area contributed by atoms with Crippen LogP contribution in [0.1, 0.15) is 13.8 Å². The molecule has 0 amide bonds. The Morgan fingerprint density at radius 2 is 2.10 bits per heavy atom. The predicted molar refractivity (Wildman–Crippen MR) is 35.2 cm³/mol. The second-order valence-electron chi connectivity index (χ2n) is 2.28. The number of carboxylic acid groups (broad SMARTS) is 1. The Hall–Kier alpha value is -1.13. The molecule has 0 spiro atoms. The van der Waals surface area contributed by atoms with E-state index in [1.54, 1.807) is 13.8 Å². The summed E-state index contributed by atoms with van der Waals surface area (Å²) in [5.74, 6) is -1.20. The van der Waals surface area contributed by atoms with Crippen LogP contribution in [-0.2, 0) is 4.79 Å². The summed E-state index contributed by atoms with van der Waals surface area (Å²) < 4.78 is 0. The zero-order chi connectivity index (χ0) is 8.15. The van der Waals surface area contributed by atoms with Crippen molar-refractivity contribution in [1.29, 1.82) is 0 Å². The highest BCUT2D eigenvalue weighted by molar-refractivity contribution is 5.73. The fourth-order valence-electron chi connectivity index (χ4n) is 0.546. The summed E-state index contributed by atoms with van der Waals surface area (Å²) in [5, 5.41) is 10.7. The van der Waals surface area contributed by atoms with E-state index >= 15 is 0 Å². The molecule has 0 unspecified atom stereocenters.